The van der Waals surface area contributed by atoms with Gasteiger partial charge in [-0.25, -0.2) is 0 Å². The van der Waals surface area contributed by atoms with Crippen molar-refractivity contribution in [3.05, 3.63) is 65.9 Å². The first kappa shape index (κ1) is 20.7. The Hall–Kier alpha value is -2.59. The number of amides is 1. The van der Waals surface area contributed by atoms with Crippen LogP contribution in [0.3, 0.4) is 0 Å². The van der Waals surface area contributed by atoms with Gasteiger partial charge in [-0.2, -0.15) is 0 Å². The Labute approximate surface area is 162 Å². The van der Waals surface area contributed by atoms with Crippen molar-refractivity contribution in [3.8, 4) is 0 Å². The monoisotopic (exact) mass is 366 g/mol. The highest BCUT2D eigenvalue weighted by molar-refractivity contribution is 6.07. The summed E-state index contributed by atoms with van der Waals surface area (Å²) < 4.78 is 5.50. The highest BCUT2D eigenvalue weighted by atomic mass is 16.5. The van der Waals surface area contributed by atoms with Gasteiger partial charge in [0, 0.05) is 30.3 Å². The van der Waals surface area contributed by atoms with E-state index in [1.165, 1.54) is 0 Å². The van der Waals surface area contributed by atoms with Crippen LogP contribution in [0.25, 0.3) is 16.5 Å². The van der Waals surface area contributed by atoms with E-state index in [2.05, 4.69) is 35.1 Å². The predicted octanol–water partition coefficient (Wildman–Crippen LogP) is 5.25. The number of aromatic nitrogens is 1. The zero-order valence-electron chi connectivity index (χ0n) is 16.8. The topological polar surface area (TPSA) is 54.1 Å². The van der Waals surface area contributed by atoms with Gasteiger partial charge in [0.25, 0.3) is 5.91 Å². The second-order valence-corrected chi connectivity index (χ2v) is 6.94. The van der Waals surface area contributed by atoms with E-state index in [1.54, 1.807) is 6.20 Å². The number of H-pyrrole nitrogens is 1. The lowest BCUT2D eigenvalue weighted by molar-refractivity contribution is 0.0757. The molecule has 0 aliphatic heterocycles. The molecule has 1 aromatic carbocycles. The molecule has 0 spiro atoms. The van der Waals surface area contributed by atoms with Crippen LogP contribution >= 0.6 is 0 Å². The molecule has 144 valence electrons. The maximum absolute atomic E-state index is 12.6. The number of hydrogen-bond acceptors (Lipinski definition) is 2. The Morgan fingerprint density at radius 3 is 2.81 bits per heavy atom. The van der Waals surface area contributed by atoms with Crippen molar-refractivity contribution in [3.63, 3.8) is 0 Å². The lowest BCUT2D eigenvalue weighted by Gasteiger charge is -2.08. The fourth-order valence-corrected chi connectivity index (χ4v) is 2.85. The van der Waals surface area contributed by atoms with Gasteiger partial charge in [0.05, 0.1) is 11.7 Å². The van der Waals surface area contributed by atoms with Gasteiger partial charge in [-0.15, -0.1) is 0 Å². The Morgan fingerprint density at radius 2 is 2.15 bits per heavy atom. The molecule has 27 heavy (non-hydrogen) atoms. The van der Waals surface area contributed by atoms with Crippen molar-refractivity contribution in [2.24, 2.45) is 0 Å². The van der Waals surface area contributed by atoms with E-state index < -0.39 is 0 Å². The molecule has 0 bridgehead atoms. The van der Waals surface area contributed by atoms with Crippen LogP contribution in [0.1, 0.15) is 50.0 Å². The van der Waals surface area contributed by atoms with E-state index in [0.29, 0.717) is 18.7 Å². The van der Waals surface area contributed by atoms with Crippen LogP contribution in [0.2, 0.25) is 0 Å². The van der Waals surface area contributed by atoms with Crippen LogP contribution < -0.4 is 5.32 Å². The molecule has 0 aliphatic carbocycles. The Morgan fingerprint density at radius 1 is 1.37 bits per heavy atom. The molecule has 0 aliphatic rings. The summed E-state index contributed by atoms with van der Waals surface area (Å²) in [5.74, 6) is -0.0700. The van der Waals surface area contributed by atoms with Gasteiger partial charge in [-0.1, -0.05) is 36.4 Å². The average molecular weight is 367 g/mol. The third-order valence-electron chi connectivity index (χ3n) is 4.07. The molecule has 4 nitrogen and oxygen atoms in total. The highest BCUT2D eigenvalue weighted by Gasteiger charge is 2.12. The number of carbonyl (C=O) groups excluding carboxylic acids is 1. The number of allylic oxidation sites excluding steroid dienone is 5. The van der Waals surface area contributed by atoms with E-state index in [1.807, 2.05) is 45.9 Å². The summed E-state index contributed by atoms with van der Waals surface area (Å²) in [5.41, 5.74) is 4.72. The summed E-state index contributed by atoms with van der Waals surface area (Å²) >= 11 is 0. The molecule has 0 radical (unpaired) electrons. The summed E-state index contributed by atoms with van der Waals surface area (Å²) in [6.07, 6.45) is 8.88. The molecule has 4 heteroatoms. The quantitative estimate of drug-likeness (QED) is 0.470. The Bertz CT molecular complexity index is 856. The summed E-state index contributed by atoms with van der Waals surface area (Å²) in [5, 5.41) is 3.89. The van der Waals surface area contributed by atoms with Crippen molar-refractivity contribution in [2.75, 3.05) is 13.2 Å². The maximum Gasteiger partial charge on any atom is 0.253 e. The smallest absolute Gasteiger partial charge is 0.253 e. The van der Waals surface area contributed by atoms with Crippen LogP contribution in [-0.2, 0) is 4.74 Å². The molecule has 1 aromatic heterocycles. The Balaban J connectivity index is 2.18. The van der Waals surface area contributed by atoms with Crippen molar-refractivity contribution in [1.82, 2.24) is 10.3 Å². The Kier molecular flexibility index (Phi) is 7.62. The SMILES string of the molecule is C=C(C)/C=C(\C=C/C)c1ccc2[nH]cc(C(=O)NCCCOC(C)C)c2c1. The molecule has 0 fully saturated rings. The number of benzene rings is 1. The molecule has 1 amide bonds. The zero-order valence-corrected chi connectivity index (χ0v) is 16.8. The standard InChI is InChI=1S/C23H30N2O2/c1-6-8-18(13-16(2)3)19-9-10-22-20(14-19)21(15-25-22)23(26)24-11-7-12-27-17(4)5/h6,8-10,13-15,17,25H,2,7,11-12H2,1,3-5H3,(H,24,26)/b8-6-,18-13+. The molecule has 1 heterocycles. The molecule has 0 saturated carbocycles. The number of fused-ring (bicyclic) bond motifs is 1. The van der Waals surface area contributed by atoms with Gasteiger partial charge in [0.15, 0.2) is 0 Å². The van der Waals surface area contributed by atoms with E-state index in [-0.39, 0.29) is 12.0 Å². The van der Waals surface area contributed by atoms with Crippen molar-refractivity contribution in [2.45, 2.75) is 40.2 Å². The third-order valence-corrected chi connectivity index (χ3v) is 4.07. The predicted molar refractivity (Wildman–Crippen MR) is 114 cm³/mol. The first-order valence-electron chi connectivity index (χ1n) is 9.43. The molecular weight excluding hydrogens is 336 g/mol. The van der Waals surface area contributed by atoms with Gasteiger partial charge in [0.1, 0.15) is 0 Å². The maximum atomic E-state index is 12.6. The zero-order chi connectivity index (χ0) is 19.8. The average Bonchev–Trinajstić information content (AvgIpc) is 3.03. The van der Waals surface area contributed by atoms with E-state index in [9.17, 15) is 4.79 Å². The minimum Gasteiger partial charge on any atom is -0.379 e. The molecule has 0 unspecified atom stereocenters. The fraction of sp³-hybridized carbons (Fsp3) is 0.348. The largest absolute Gasteiger partial charge is 0.379 e. The summed E-state index contributed by atoms with van der Waals surface area (Å²) in [6.45, 7) is 13.2. The third kappa shape index (κ3) is 5.97. The summed E-state index contributed by atoms with van der Waals surface area (Å²) in [4.78, 5) is 15.8. The second-order valence-electron chi connectivity index (χ2n) is 6.94. The number of hydrogen-bond donors (Lipinski definition) is 2. The second kappa shape index (κ2) is 9.93. The molecular formula is C23H30N2O2. The molecule has 2 N–H and O–H groups in total. The van der Waals surface area contributed by atoms with Gasteiger partial charge in [-0.05, 0) is 57.4 Å². The first-order valence-corrected chi connectivity index (χ1v) is 9.43. The molecule has 0 saturated heterocycles. The highest BCUT2D eigenvalue weighted by Crippen LogP contribution is 2.25. The van der Waals surface area contributed by atoms with Gasteiger partial charge < -0.3 is 15.0 Å². The number of ether oxygens (including phenoxy) is 1. The van der Waals surface area contributed by atoms with E-state index in [0.717, 1.165) is 34.0 Å². The number of rotatable bonds is 9. The lowest BCUT2D eigenvalue weighted by Crippen LogP contribution is -2.25. The molecule has 2 rings (SSSR count). The summed E-state index contributed by atoms with van der Waals surface area (Å²) in [7, 11) is 0. The van der Waals surface area contributed by atoms with E-state index >= 15 is 0 Å². The normalized spacial score (nSPS) is 12.3. The number of carbonyl (C=O) groups is 1. The van der Waals surface area contributed by atoms with Crippen LogP contribution in [0.5, 0.6) is 0 Å². The van der Waals surface area contributed by atoms with Crippen molar-refractivity contribution >= 4 is 22.4 Å². The molecule has 2 aromatic rings. The van der Waals surface area contributed by atoms with Crippen LogP contribution in [0.15, 0.2) is 54.8 Å². The minimum atomic E-state index is -0.0700. The lowest BCUT2D eigenvalue weighted by atomic mass is 10.0. The molecule has 0 atom stereocenters. The van der Waals surface area contributed by atoms with Crippen LogP contribution in [0, 0.1) is 0 Å². The number of aromatic amines is 1. The van der Waals surface area contributed by atoms with Crippen LogP contribution in [-0.4, -0.2) is 30.1 Å². The van der Waals surface area contributed by atoms with Crippen molar-refractivity contribution < 1.29 is 9.53 Å². The van der Waals surface area contributed by atoms with Gasteiger partial charge in [0.2, 0.25) is 0 Å². The summed E-state index contributed by atoms with van der Waals surface area (Å²) in [6, 6.07) is 6.11. The fourth-order valence-electron chi connectivity index (χ4n) is 2.85. The first-order chi connectivity index (χ1) is 12.9. The minimum absolute atomic E-state index is 0.0700. The van der Waals surface area contributed by atoms with Crippen LogP contribution in [0.4, 0.5) is 0 Å². The van der Waals surface area contributed by atoms with Gasteiger partial charge >= 0.3 is 0 Å². The van der Waals surface area contributed by atoms with Crippen molar-refractivity contribution in [1.29, 1.82) is 0 Å². The number of nitrogens with one attached hydrogen (secondary N) is 2. The van der Waals surface area contributed by atoms with Gasteiger partial charge in [-0.3, -0.25) is 4.79 Å². The van der Waals surface area contributed by atoms with E-state index in [4.69, 9.17) is 4.74 Å².